The fraction of sp³-hybridized carbons (Fsp3) is 0.400. The maximum Gasteiger partial charge on any atom is 0.269 e. The maximum absolute atomic E-state index is 11.4. The van der Waals surface area contributed by atoms with Gasteiger partial charge in [0.1, 0.15) is 5.69 Å². The van der Waals surface area contributed by atoms with Crippen LogP contribution in [0.4, 0.5) is 0 Å². The highest BCUT2D eigenvalue weighted by Gasteiger charge is 2.05. The summed E-state index contributed by atoms with van der Waals surface area (Å²) in [6, 6.07) is 5.36. The summed E-state index contributed by atoms with van der Waals surface area (Å²) >= 11 is 0. The van der Waals surface area contributed by atoms with Gasteiger partial charge in [-0.05, 0) is 19.1 Å². The van der Waals surface area contributed by atoms with Crippen LogP contribution in [0.15, 0.2) is 18.2 Å². The van der Waals surface area contributed by atoms with Gasteiger partial charge in [-0.1, -0.05) is 6.07 Å². The zero-order chi connectivity index (χ0) is 10.4. The molecule has 1 N–H and O–H groups in total. The molecule has 76 valence electrons. The largest absolute Gasteiger partial charge is 0.383 e. The summed E-state index contributed by atoms with van der Waals surface area (Å²) < 4.78 is 4.82. The molecule has 0 bridgehead atoms. The van der Waals surface area contributed by atoms with Crippen LogP contribution in [0, 0.1) is 6.92 Å². The van der Waals surface area contributed by atoms with E-state index in [2.05, 4.69) is 10.3 Å². The Kier molecular flexibility index (Phi) is 4.07. The van der Waals surface area contributed by atoms with Crippen molar-refractivity contribution >= 4 is 5.91 Å². The number of pyridine rings is 1. The second-order valence-electron chi connectivity index (χ2n) is 2.91. The Hall–Kier alpha value is -1.42. The Morgan fingerprint density at radius 2 is 2.36 bits per heavy atom. The number of rotatable bonds is 4. The van der Waals surface area contributed by atoms with Gasteiger partial charge in [-0.15, -0.1) is 0 Å². The molecule has 0 spiro atoms. The molecule has 4 nitrogen and oxygen atoms in total. The third-order valence-corrected chi connectivity index (χ3v) is 1.71. The molecule has 0 saturated heterocycles. The molecule has 0 aromatic carbocycles. The summed E-state index contributed by atoms with van der Waals surface area (Å²) in [5.41, 5.74) is 1.28. The van der Waals surface area contributed by atoms with Gasteiger partial charge in [0, 0.05) is 19.3 Å². The maximum atomic E-state index is 11.4. The first-order chi connectivity index (χ1) is 6.74. The van der Waals surface area contributed by atoms with E-state index in [1.54, 1.807) is 13.2 Å². The van der Waals surface area contributed by atoms with Crippen molar-refractivity contribution < 1.29 is 9.53 Å². The summed E-state index contributed by atoms with van der Waals surface area (Å²) in [7, 11) is 1.59. The predicted octanol–water partition coefficient (Wildman–Crippen LogP) is 0.766. The highest BCUT2D eigenvalue weighted by Crippen LogP contribution is 1.97. The van der Waals surface area contributed by atoms with Crippen molar-refractivity contribution in [2.24, 2.45) is 0 Å². The molecule has 0 radical (unpaired) electrons. The van der Waals surface area contributed by atoms with Crippen LogP contribution in [0.5, 0.6) is 0 Å². The Morgan fingerprint density at radius 1 is 1.57 bits per heavy atom. The topological polar surface area (TPSA) is 51.2 Å². The standard InChI is InChI=1S/C10H14N2O2/c1-8-4-3-5-9(12-8)10(13)11-6-7-14-2/h3-5H,6-7H2,1-2H3,(H,11,13). The number of carbonyl (C=O) groups excluding carboxylic acids is 1. The first-order valence-electron chi connectivity index (χ1n) is 4.45. The average Bonchev–Trinajstić information content (AvgIpc) is 2.18. The van der Waals surface area contributed by atoms with E-state index in [1.165, 1.54) is 0 Å². The van der Waals surface area contributed by atoms with Gasteiger partial charge in [0.25, 0.3) is 5.91 Å². The Labute approximate surface area is 83.3 Å². The van der Waals surface area contributed by atoms with Gasteiger partial charge in [0.15, 0.2) is 0 Å². The monoisotopic (exact) mass is 194 g/mol. The van der Waals surface area contributed by atoms with Gasteiger partial charge in [0.2, 0.25) is 0 Å². The van der Waals surface area contributed by atoms with Crippen molar-refractivity contribution in [1.82, 2.24) is 10.3 Å². The van der Waals surface area contributed by atoms with Crippen LogP contribution in [-0.2, 0) is 4.74 Å². The number of ether oxygens (including phenoxy) is 1. The number of nitrogens with zero attached hydrogens (tertiary/aromatic N) is 1. The SMILES string of the molecule is COCCNC(=O)c1cccc(C)n1. The lowest BCUT2D eigenvalue weighted by atomic mass is 10.3. The minimum Gasteiger partial charge on any atom is -0.383 e. The molecule has 14 heavy (non-hydrogen) atoms. The first kappa shape index (κ1) is 10.7. The zero-order valence-corrected chi connectivity index (χ0v) is 8.41. The Balaban J connectivity index is 2.52. The van der Waals surface area contributed by atoms with Crippen LogP contribution in [0.1, 0.15) is 16.2 Å². The lowest BCUT2D eigenvalue weighted by Gasteiger charge is -2.03. The highest BCUT2D eigenvalue weighted by molar-refractivity contribution is 5.92. The predicted molar refractivity (Wildman–Crippen MR) is 53.2 cm³/mol. The van der Waals surface area contributed by atoms with Crippen LogP contribution in [0.3, 0.4) is 0 Å². The molecule has 1 amide bonds. The number of nitrogens with one attached hydrogen (secondary N) is 1. The molecule has 0 unspecified atom stereocenters. The molecule has 0 atom stereocenters. The minimum absolute atomic E-state index is 0.161. The van der Waals surface area contributed by atoms with Gasteiger partial charge in [0.05, 0.1) is 6.61 Å². The van der Waals surface area contributed by atoms with E-state index in [-0.39, 0.29) is 5.91 Å². The molecule has 1 aromatic rings. The molecule has 1 aromatic heterocycles. The van der Waals surface area contributed by atoms with Gasteiger partial charge >= 0.3 is 0 Å². The quantitative estimate of drug-likeness (QED) is 0.720. The van der Waals surface area contributed by atoms with Crippen LogP contribution in [-0.4, -0.2) is 31.2 Å². The number of hydrogen-bond acceptors (Lipinski definition) is 3. The summed E-state index contributed by atoms with van der Waals surface area (Å²) in [5, 5.41) is 2.70. The summed E-state index contributed by atoms with van der Waals surface area (Å²) in [5.74, 6) is -0.161. The van der Waals surface area contributed by atoms with Crippen molar-refractivity contribution in [2.75, 3.05) is 20.3 Å². The summed E-state index contributed by atoms with van der Waals surface area (Å²) in [6.45, 7) is 2.87. The van der Waals surface area contributed by atoms with Crippen molar-refractivity contribution in [3.8, 4) is 0 Å². The second kappa shape index (κ2) is 5.34. The van der Waals surface area contributed by atoms with Crippen LogP contribution in [0.2, 0.25) is 0 Å². The molecule has 0 aliphatic heterocycles. The Bertz CT molecular complexity index is 313. The van der Waals surface area contributed by atoms with Crippen molar-refractivity contribution in [3.05, 3.63) is 29.6 Å². The molecular formula is C10H14N2O2. The lowest BCUT2D eigenvalue weighted by molar-refractivity contribution is 0.0932. The molecular weight excluding hydrogens is 180 g/mol. The smallest absolute Gasteiger partial charge is 0.269 e. The Morgan fingerprint density at radius 3 is 3.00 bits per heavy atom. The molecule has 1 rings (SSSR count). The third kappa shape index (κ3) is 3.14. The van der Waals surface area contributed by atoms with Gasteiger partial charge in [-0.25, -0.2) is 4.98 Å². The third-order valence-electron chi connectivity index (χ3n) is 1.71. The number of aryl methyl sites for hydroxylation is 1. The van der Waals surface area contributed by atoms with E-state index in [0.29, 0.717) is 18.8 Å². The van der Waals surface area contributed by atoms with E-state index in [4.69, 9.17) is 4.74 Å². The molecule has 0 fully saturated rings. The highest BCUT2D eigenvalue weighted by atomic mass is 16.5. The fourth-order valence-electron chi connectivity index (χ4n) is 1.03. The van der Waals surface area contributed by atoms with Crippen LogP contribution < -0.4 is 5.32 Å². The number of carbonyl (C=O) groups is 1. The second-order valence-corrected chi connectivity index (χ2v) is 2.91. The number of aromatic nitrogens is 1. The van der Waals surface area contributed by atoms with Crippen LogP contribution in [0.25, 0.3) is 0 Å². The van der Waals surface area contributed by atoms with Gasteiger partial charge in [-0.3, -0.25) is 4.79 Å². The van der Waals surface area contributed by atoms with E-state index < -0.39 is 0 Å². The lowest BCUT2D eigenvalue weighted by Crippen LogP contribution is -2.27. The number of methoxy groups -OCH3 is 1. The summed E-state index contributed by atoms with van der Waals surface area (Å²) in [4.78, 5) is 15.5. The fourth-order valence-corrected chi connectivity index (χ4v) is 1.03. The number of amides is 1. The van der Waals surface area contributed by atoms with E-state index in [1.807, 2.05) is 19.1 Å². The normalized spacial score (nSPS) is 9.86. The molecule has 4 heteroatoms. The summed E-state index contributed by atoms with van der Waals surface area (Å²) in [6.07, 6.45) is 0. The molecule has 0 aliphatic rings. The van der Waals surface area contributed by atoms with E-state index in [0.717, 1.165) is 5.69 Å². The average molecular weight is 194 g/mol. The van der Waals surface area contributed by atoms with E-state index in [9.17, 15) is 4.79 Å². The number of hydrogen-bond donors (Lipinski definition) is 1. The van der Waals surface area contributed by atoms with Gasteiger partial charge in [-0.2, -0.15) is 0 Å². The van der Waals surface area contributed by atoms with E-state index >= 15 is 0 Å². The molecule has 1 heterocycles. The van der Waals surface area contributed by atoms with Gasteiger partial charge < -0.3 is 10.1 Å². The van der Waals surface area contributed by atoms with Crippen molar-refractivity contribution in [3.63, 3.8) is 0 Å². The van der Waals surface area contributed by atoms with Crippen molar-refractivity contribution in [2.45, 2.75) is 6.92 Å². The van der Waals surface area contributed by atoms with Crippen molar-refractivity contribution in [1.29, 1.82) is 0 Å². The minimum atomic E-state index is -0.161. The van der Waals surface area contributed by atoms with Crippen LogP contribution >= 0.6 is 0 Å². The first-order valence-corrected chi connectivity index (χ1v) is 4.45. The molecule has 0 saturated carbocycles. The molecule has 0 aliphatic carbocycles. The zero-order valence-electron chi connectivity index (χ0n) is 8.41.